The van der Waals surface area contributed by atoms with Crippen LogP contribution in [0.1, 0.15) is 5.56 Å². The van der Waals surface area contributed by atoms with Crippen molar-refractivity contribution in [3.8, 4) is 0 Å². The molecule has 0 atom stereocenters. The summed E-state index contributed by atoms with van der Waals surface area (Å²) in [5, 5.41) is 0. The first-order valence-electron chi connectivity index (χ1n) is 2.56. The maximum atomic E-state index is 5.63. The summed E-state index contributed by atoms with van der Waals surface area (Å²) in [4.78, 5) is 0. The van der Waals surface area contributed by atoms with Crippen LogP contribution in [0.4, 0.5) is 0 Å². The van der Waals surface area contributed by atoms with E-state index in [1.54, 1.807) is 0 Å². The summed E-state index contributed by atoms with van der Waals surface area (Å²) in [6, 6.07) is 10.2. The first kappa shape index (κ1) is 7.13. The van der Waals surface area contributed by atoms with E-state index in [0.717, 1.165) is 0 Å². The van der Waals surface area contributed by atoms with Crippen molar-refractivity contribution in [1.29, 1.82) is 0 Å². The summed E-state index contributed by atoms with van der Waals surface area (Å²) in [6.45, 7) is 0. The van der Waals surface area contributed by atoms with Crippen molar-refractivity contribution in [2.24, 2.45) is 0 Å². The molecule has 0 bridgehead atoms. The zero-order valence-corrected chi connectivity index (χ0v) is 8.19. The van der Waals surface area contributed by atoms with Crippen LogP contribution in [0.25, 0.3) is 0 Å². The predicted molar refractivity (Wildman–Crippen MR) is 38.9 cm³/mol. The van der Waals surface area contributed by atoms with Gasteiger partial charge >= 0.3 is 66.1 Å². The Morgan fingerprint density at radius 1 is 1.22 bits per heavy atom. The van der Waals surface area contributed by atoms with Crippen LogP contribution in [0.3, 0.4) is 0 Å². The zero-order chi connectivity index (χ0) is 6.53. The molecule has 0 amide bonds. The molecule has 0 nitrogen and oxygen atoms in total. The molecular formula is C7H7ClOs. The molecule has 0 spiro atoms. The van der Waals surface area contributed by atoms with Gasteiger partial charge in [-0.15, -0.1) is 0 Å². The van der Waals surface area contributed by atoms with Crippen LogP contribution in [-0.2, 0) is 16.0 Å². The van der Waals surface area contributed by atoms with Gasteiger partial charge < -0.3 is 0 Å². The summed E-state index contributed by atoms with van der Waals surface area (Å²) >= 11 is -0.540. The van der Waals surface area contributed by atoms with Gasteiger partial charge in [0.05, 0.1) is 0 Å². The quantitative estimate of drug-likeness (QED) is 0.741. The predicted octanol–water partition coefficient (Wildman–Crippen LogP) is 1.81. The van der Waals surface area contributed by atoms with Crippen LogP contribution in [0.2, 0.25) is 0 Å². The summed E-state index contributed by atoms with van der Waals surface area (Å²) in [6.07, 6.45) is 0. The molecule has 1 aromatic carbocycles. The Balaban J connectivity index is 2.85. The van der Waals surface area contributed by atoms with Crippen molar-refractivity contribution >= 4 is 14.2 Å². The van der Waals surface area contributed by atoms with Crippen LogP contribution < -0.4 is 0 Å². The second-order valence-corrected chi connectivity index (χ2v) is 4.33. The van der Waals surface area contributed by atoms with Crippen molar-refractivity contribution < 1.29 is 16.0 Å². The molecule has 1 aromatic rings. The molecular weight excluding hydrogens is 310 g/mol. The fraction of sp³-hybridized carbons (Fsp3) is 0. The fourth-order valence-corrected chi connectivity index (χ4v) is 2.22. The van der Waals surface area contributed by atoms with Gasteiger partial charge in [0.25, 0.3) is 0 Å². The molecule has 0 unspecified atom stereocenters. The number of benzene rings is 1. The fourth-order valence-electron chi connectivity index (χ4n) is 0.573. The molecule has 0 N–H and O–H groups in total. The van der Waals surface area contributed by atoms with Gasteiger partial charge in [0.1, 0.15) is 0 Å². The summed E-state index contributed by atoms with van der Waals surface area (Å²) in [5.74, 6) is 0. The average molecular weight is 317 g/mol. The molecule has 0 aromatic heterocycles. The third-order valence-electron chi connectivity index (χ3n) is 0.967. The van der Waals surface area contributed by atoms with Gasteiger partial charge in [0.2, 0.25) is 0 Å². The molecule has 0 aliphatic heterocycles. The number of hydrogen-bond acceptors (Lipinski definition) is 0. The molecule has 0 aliphatic carbocycles. The Labute approximate surface area is 66.2 Å². The monoisotopic (exact) mass is 318 g/mol. The molecule has 0 heterocycles. The van der Waals surface area contributed by atoms with E-state index in [0.29, 0.717) is 0 Å². The third-order valence-corrected chi connectivity index (χ3v) is 2.84. The summed E-state index contributed by atoms with van der Waals surface area (Å²) in [5.41, 5.74) is 1.26. The molecule has 0 saturated carbocycles. The summed E-state index contributed by atoms with van der Waals surface area (Å²) in [7, 11) is 5.63. The normalized spacial score (nSPS) is 12.1. The van der Waals surface area contributed by atoms with Crippen molar-refractivity contribution in [3.63, 3.8) is 0 Å². The Morgan fingerprint density at radius 3 is 2.44 bits per heavy atom. The Bertz CT molecular complexity index is 193. The van der Waals surface area contributed by atoms with Crippen molar-refractivity contribution in [3.05, 3.63) is 35.9 Å². The molecule has 0 aliphatic rings. The van der Waals surface area contributed by atoms with Gasteiger partial charge in [0, 0.05) is 0 Å². The molecule has 0 saturated heterocycles. The average Bonchev–Trinajstić information content (AvgIpc) is 1.91. The molecule has 50 valence electrons. The van der Waals surface area contributed by atoms with Gasteiger partial charge in [-0.05, 0) is 0 Å². The standard InChI is InChI=1S/C7H6.ClH.Os.H/c1-7-5-3-2-4-6-7;;;/h1-6H;1H;;/q;;+1;/p-1. The van der Waals surface area contributed by atoms with Gasteiger partial charge in [-0.25, -0.2) is 0 Å². The van der Waals surface area contributed by atoms with Gasteiger partial charge in [-0.3, -0.25) is 0 Å². The zero-order valence-electron chi connectivity index (χ0n) is 4.72. The second kappa shape index (κ2) is 3.93. The van der Waals surface area contributed by atoms with E-state index in [1.165, 1.54) is 5.56 Å². The Hall–Kier alpha value is 0.0164. The van der Waals surface area contributed by atoms with E-state index in [-0.39, 0.29) is 0 Å². The Kier molecular flexibility index (Phi) is 3.12. The maximum absolute atomic E-state index is 5.63. The minimum atomic E-state index is -0.540. The van der Waals surface area contributed by atoms with Gasteiger partial charge in [-0.1, -0.05) is 0 Å². The second-order valence-electron chi connectivity index (χ2n) is 1.60. The van der Waals surface area contributed by atoms with E-state index in [2.05, 4.69) is 16.7 Å². The molecule has 1 rings (SSSR count). The first-order chi connectivity index (χ1) is 4.43. The van der Waals surface area contributed by atoms with Gasteiger partial charge in [-0.2, -0.15) is 0 Å². The van der Waals surface area contributed by atoms with Crippen molar-refractivity contribution in [2.75, 3.05) is 0 Å². The minimum absolute atomic E-state index is 0.540. The van der Waals surface area contributed by atoms with Gasteiger partial charge in [0.15, 0.2) is 0 Å². The molecule has 0 radical (unpaired) electrons. The van der Waals surface area contributed by atoms with E-state index in [9.17, 15) is 0 Å². The number of hydrogen-bond donors (Lipinski definition) is 0. The molecule has 2 heteroatoms. The van der Waals surface area contributed by atoms with Crippen LogP contribution in [0, 0.1) is 0 Å². The third kappa shape index (κ3) is 2.39. The van der Waals surface area contributed by atoms with E-state index >= 15 is 0 Å². The van der Waals surface area contributed by atoms with Crippen LogP contribution >= 0.6 is 9.64 Å². The SMILES string of the molecule is [Cl][OsH]=[CH]c1ccccc1. The first-order valence-corrected chi connectivity index (χ1v) is 7.49. The van der Waals surface area contributed by atoms with E-state index in [1.807, 2.05) is 18.2 Å². The van der Waals surface area contributed by atoms with Crippen LogP contribution in [0.15, 0.2) is 30.3 Å². The van der Waals surface area contributed by atoms with Crippen LogP contribution in [-0.4, -0.2) is 4.57 Å². The van der Waals surface area contributed by atoms with E-state index in [4.69, 9.17) is 9.64 Å². The van der Waals surface area contributed by atoms with Crippen molar-refractivity contribution in [1.82, 2.24) is 0 Å². The molecule has 9 heavy (non-hydrogen) atoms. The number of rotatable bonds is 1. The van der Waals surface area contributed by atoms with E-state index < -0.39 is 16.0 Å². The van der Waals surface area contributed by atoms with Crippen molar-refractivity contribution in [2.45, 2.75) is 0 Å². The molecule has 0 fully saturated rings. The topological polar surface area (TPSA) is 0 Å². The van der Waals surface area contributed by atoms with Crippen LogP contribution in [0.5, 0.6) is 0 Å². The Morgan fingerprint density at radius 2 is 1.89 bits per heavy atom. The number of halogens is 1. The summed E-state index contributed by atoms with van der Waals surface area (Å²) < 4.78 is 2.13.